The Morgan fingerprint density at radius 1 is 1.50 bits per heavy atom. The van der Waals surface area contributed by atoms with Gasteiger partial charge in [0.05, 0.1) is 12.9 Å². The summed E-state index contributed by atoms with van der Waals surface area (Å²) < 4.78 is 5.29. The lowest BCUT2D eigenvalue weighted by Crippen LogP contribution is -2.23. The van der Waals surface area contributed by atoms with Crippen molar-refractivity contribution in [2.75, 3.05) is 6.61 Å². The van der Waals surface area contributed by atoms with Gasteiger partial charge >= 0.3 is 0 Å². The van der Waals surface area contributed by atoms with E-state index in [9.17, 15) is 0 Å². The molecular formula is C11H16O. The fourth-order valence-electron chi connectivity index (χ4n) is 2.02. The minimum atomic E-state index is 0.396. The van der Waals surface area contributed by atoms with Gasteiger partial charge in [-0.2, -0.15) is 0 Å². The third kappa shape index (κ3) is 1.40. The second-order valence-corrected chi connectivity index (χ2v) is 4.50. The number of fused-ring (bicyclic) bond motifs is 1. The van der Waals surface area contributed by atoms with Crippen molar-refractivity contribution in [2.45, 2.75) is 26.7 Å². The second kappa shape index (κ2) is 2.65. The number of rotatable bonds is 0. The molecule has 0 N–H and O–H groups in total. The molecule has 1 aliphatic carbocycles. The Hall–Kier alpha value is -0.720. The predicted octanol–water partition coefficient (Wildman–Crippen LogP) is 2.89. The van der Waals surface area contributed by atoms with Crippen LogP contribution in [0.25, 0.3) is 0 Å². The van der Waals surface area contributed by atoms with E-state index in [1.54, 1.807) is 0 Å². The molecule has 0 aromatic carbocycles. The van der Waals surface area contributed by atoms with Crippen LogP contribution in [-0.4, -0.2) is 6.61 Å². The summed E-state index contributed by atoms with van der Waals surface area (Å²) in [5, 5.41) is 0. The first-order chi connectivity index (χ1) is 5.67. The summed E-state index contributed by atoms with van der Waals surface area (Å²) in [6, 6.07) is 0. The molecule has 0 bridgehead atoms. The van der Waals surface area contributed by atoms with Gasteiger partial charge in [-0.05, 0) is 29.9 Å². The van der Waals surface area contributed by atoms with Gasteiger partial charge in [-0.25, -0.2) is 0 Å². The highest BCUT2D eigenvalue weighted by Gasteiger charge is 2.27. The van der Waals surface area contributed by atoms with Crippen LogP contribution in [0.15, 0.2) is 24.0 Å². The van der Waals surface area contributed by atoms with Crippen molar-refractivity contribution in [1.82, 2.24) is 0 Å². The SMILES string of the molecule is CC1(C)C=C2C=COCC2CC1. The number of hydrogen-bond donors (Lipinski definition) is 0. The molecule has 0 spiro atoms. The van der Waals surface area contributed by atoms with Crippen LogP contribution in [0.5, 0.6) is 0 Å². The lowest BCUT2D eigenvalue weighted by Gasteiger charge is -2.33. The van der Waals surface area contributed by atoms with Gasteiger partial charge in [0.1, 0.15) is 0 Å². The molecule has 1 atom stereocenters. The maximum atomic E-state index is 5.29. The maximum Gasteiger partial charge on any atom is 0.0941 e. The molecule has 0 amide bonds. The van der Waals surface area contributed by atoms with E-state index in [-0.39, 0.29) is 0 Å². The summed E-state index contributed by atoms with van der Waals surface area (Å²) in [5.41, 5.74) is 1.88. The van der Waals surface area contributed by atoms with Gasteiger partial charge in [-0.1, -0.05) is 19.9 Å². The van der Waals surface area contributed by atoms with Crippen LogP contribution in [0.3, 0.4) is 0 Å². The van der Waals surface area contributed by atoms with Crippen LogP contribution in [0.2, 0.25) is 0 Å². The first-order valence-corrected chi connectivity index (χ1v) is 4.68. The van der Waals surface area contributed by atoms with Crippen molar-refractivity contribution >= 4 is 0 Å². The summed E-state index contributed by atoms with van der Waals surface area (Å²) in [5.74, 6) is 0.669. The zero-order valence-electron chi connectivity index (χ0n) is 7.84. The van der Waals surface area contributed by atoms with Crippen LogP contribution in [0.4, 0.5) is 0 Å². The van der Waals surface area contributed by atoms with Crippen LogP contribution >= 0.6 is 0 Å². The Balaban J connectivity index is 2.27. The molecule has 12 heavy (non-hydrogen) atoms. The van der Waals surface area contributed by atoms with Crippen molar-refractivity contribution in [1.29, 1.82) is 0 Å². The summed E-state index contributed by atoms with van der Waals surface area (Å²) in [4.78, 5) is 0. The molecule has 0 radical (unpaired) electrons. The monoisotopic (exact) mass is 164 g/mol. The zero-order valence-corrected chi connectivity index (χ0v) is 7.84. The minimum Gasteiger partial charge on any atom is -0.501 e. The smallest absolute Gasteiger partial charge is 0.0941 e. The molecular weight excluding hydrogens is 148 g/mol. The standard InChI is InChI=1S/C11H16O/c1-11(2)5-3-10-8-12-6-4-9(10)7-11/h4,6-7,10H,3,5,8H2,1-2H3. The van der Waals surface area contributed by atoms with E-state index in [0.717, 1.165) is 6.61 Å². The average molecular weight is 164 g/mol. The lowest BCUT2D eigenvalue weighted by molar-refractivity contribution is 0.177. The summed E-state index contributed by atoms with van der Waals surface area (Å²) >= 11 is 0. The van der Waals surface area contributed by atoms with Gasteiger partial charge in [0.15, 0.2) is 0 Å². The molecule has 1 unspecified atom stereocenters. The summed E-state index contributed by atoms with van der Waals surface area (Å²) in [7, 11) is 0. The first kappa shape index (κ1) is 7.90. The third-order valence-corrected chi connectivity index (χ3v) is 2.82. The maximum absolute atomic E-state index is 5.29. The molecule has 2 rings (SSSR count). The highest BCUT2D eigenvalue weighted by molar-refractivity contribution is 5.27. The van der Waals surface area contributed by atoms with Gasteiger partial charge in [0.2, 0.25) is 0 Å². The van der Waals surface area contributed by atoms with Crippen molar-refractivity contribution in [3.05, 3.63) is 24.0 Å². The van der Waals surface area contributed by atoms with E-state index in [2.05, 4.69) is 26.0 Å². The van der Waals surface area contributed by atoms with Crippen LogP contribution in [-0.2, 0) is 4.74 Å². The molecule has 66 valence electrons. The molecule has 0 aromatic rings. The fourth-order valence-corrected chi connectivity index (χ4v) is 2.02. The normalized spacial score (nSPS) is 31.8. The summed E-state index contributed by atoms with van der Waals surface area (Å²) in [6.07, 6.45) is 8.92. The average Bonchev–Trinajstić information content (AvgIpc) is 2.02. The van der Waals surface area contributed by atoms with Crippen LogP contribution < -0.4 is 0 Å². The van der Waals surface area contributed by atoms with Crippen molar-refractivity contribution in [2.24, 2.45) is 11.3 Å². The number of allylic oxidation sites excluding steroid dienone is 2. The second-order valence-electron chi connectivity index (χ2n) is 4.50. The third-order valence-electron chi connectivity index (χ3n) is 2.82. The number of hydrogen-bond acceptors (Lipinski definition) is 1. The number of ether oxygens (including phenoxy) is 1. The molecule has 1 heterocycles. The highest BCUT2D eigenvalue weighted by atomic mass is 16.5. The first-order valence-electron chi connectivity index (χ1n) is 4.68. The Morgan fingerprint density at radius 3 is 3.17 bits per heavy atom. The van der Waals surface area contributed by atoms with Crippen LogP contribution in [0.1, 0.15) is 26.7 Å². The molecule has 0 aromatic heterocycles. The van der Waals surface area contributed by atoms with Gasteiger partial charge < -0.3 is 4.74 Å². The molecule has 0 saturated heterocycles. The van der Waals surface area contributed by atoms with Crippen LogP contribution in [0, 0.1) is 11.3 Å². The quantitative estimate of drug-likeness (QED) is 0.535. The molecule has 1 nitrogen and oxygen atoms in total. The molecule has 0 saturated carbocycles. The molecule has 0 fully saturated rings. The van der Waals surface area contributed by atoms with E-state index in [0.29, 0.717) is 11.3 Å². The molecule has 1 heteroatoms. The Kier molecular flexibility index (Phi) is 1.75. The minimum absolute atomic E-state index is 0.396. The Morgan fingerprint density at radius 2 is 2.33 bits per heavy atom. The zero-order chi connectivity index (χ0) is 8.60. The Labute approximate surface area is 74.1 Å². The molecule has 2 aliphatic rings. The van der Waals surface area contributed by atoms with Gasteiger partial charge in [0, 0.05) is 5.92 Å². The lowest BCUT2D eigenvalue weighted by atomic mass is 9.74. The largest absolute Gasteiger partial charge is 0.501 e. The van der Waals surface area contributed by atoms with Crippen molar-refractivity contribution < 1.29 is 4.74 Å². The van der Waals surface area contributed by atoms with E-state index < -0.39 is 0 Å². The van der Waals surface area contributed by atoms with Crippen molar-refractivity contribution in [3.63, 3.8) is 0 Å². The Bertz CT molecular complexity index is 235. The summed E-state index contributed by atoms with van der Waals surface area (Å²) in [6.45, 7) is 5.50. The highest BCUT2D eigenvalue weighted by Crippen LogP contribution is 2.38. The van der Waals surface area contributed by atoms with E-state index in [4.69, 9.17) is 4.74 Å². The van der Waals surface area contributed by atoms with Crippen molar-refractivity contribution in [3.8, 4) is 0 Å². The predicted molar refractivity (Wildman–Crippen MR) is 49.7 cm³/mol. The van der Waals surface area contributed by atoms with Gasteiger partial charge in [0.25, 0.3) is 0 Å². The topological polar surface area (TPSA) is 9.23 Å². The van der Waals surface area contributed by atoms with Gasteiger partial charge in [-0.3, -0.25) is 0 Å². The molecule has 1 aliphatic heterocycles. The van der Waals surface area contributed by atoms with E-state index in [1.165, 1.54) is 18.4 Å². The van der Waals surface area contributed by atoms with E-state index in [1.807, 2.05) is 6.26 Å². The van der Waals surface area contributed by atoms with Gasteiger partial charge in [-0.15, -0.1) is 0 Å². The fraction of sp³-hybridized carbons (Fsp3) is 0.636. The van der Waals surface area contributed by atoms with E-state index >= 15 is 0 Å².